The first-order chi connectivity index (χ1) is 13.3. The molecule has 0 fully saturated rings. The number of halogens is 3. The quantitative estimate of drug-likeness (QED) is 0.637. The number of carbonyl (C=O) groups is 1. The molecule has 1 amide bonds. The second-order valence-corrected chi connectivity index (χ2v) is 6.60. The minimum absolute atomic E-state index is 0.00459. The van der Waals surface area contributed by atoms with E-state index in [1.54, 1.807) is 49.4 Å². The van der Waals surface area contributed by atoms with E-state index < -0.39 is 12.1 Å². The Morgan fingerprint density at radius 1 is 1.11 bits per heavy atom. The van der Waals surface area contributed by atoms with Gasteiger partial charge >= 0.3 is 6.18 Å². The topological polar surface area (TPSA) is 59.2 Å². The van der Waals surface area contributed by atoms with Gasteiger partial charge in [-0.2, -0.15) is 13.2 Å². The number of alkyl halides is 3. The molecule has 1 aliphatic heterocycles. The molecule has 8 heteroatoms. The van der Waals surface area contributed by atoms with Crippen LogP contribution in [0.2, 0.25) is 0 Å². The predicted octanol–water partition coefficient (Wildman–Crippen LogP) is 4.74. The van der Waals surface area contributed by atoms with E-state index in [1.807, 2.05) is 0 Å². The van der Waals surface area contributed by atoms with E-state index in [1.165, 1.54) is 11.0 Å². The summed E-state index contributed by atoms with van der Waals surface area (Å²) in [5.41, 5.74) is 1.47. The molecule has 1 aliphatic rings. The molecule has 4 rings (SSSR count). The van der Waals surface area contributed by atoms with Crippen LogP contribution >= 0.6 is 0 Å². The van der Waals surface area contributed by atoms with Crippen molar-refractivity contribution in [2.45, 2.75) is 25.4 Å². The van der Waals surface area contributed by atoms with Crippen LogP contribution in [0.25, 0.3) is 11.5 Å². The van der Waals surface area contributed by atoms with Gasteiger partial charge in [0.15, 0.2) is 0 Å². The van der Waals surface area contributed by atoms with Gasteiger partial charge in [0.25, 0.3) is 5.91 Å². The number of amides is 1. The van der Waals surface area contributed by atoms with Gasteiger partial charge in [0, 0.05) is 30.3 Å². The molecule has 144 valence electrons. The van der Waals surface area contributed by atoms with Crippen molar-refractivity contribution in [2.24, 2.45) is 0 Å². The number of nitrogens with zero attached hydrogens (tertiary/aromatic N) is 3. The Bertz CT molecular complexity index is 1010. The van der Waals surface area contributed by atoms with Crippen LogP contribution in [-0.2, 0) is 0 Å². The van der Waals surface area contributed by atoms with Crippen molar-refractivity contribution in [3.63, 3.8) is 0 Å². The number of fused-ring (bicyclic) bond motifs is 1. The van der Waals surface area contributed by atoms with E-state index in [4.69, 9.17) is 4.42 Å². The third kappa shape index (κ3) is 3.26. The van der Waals surface area contributed by atoms with Crippen molar-refractivity contribution < 1.29 is 22.4 Å². The maximum atomic E-state index is 13.4. The maximum Gasteiger partial charge on any atom is 0.395 e. The van der Waals surface area contributed by atoms with Crippen LogP contribution in [0.15, 0.2) is 52.9 Å². The minimum Gasteiger partial charge on any atom is -0.421 e. The molecule has 2 aromatic carbocycles. The summed E-state index contributed by atoms with van der Waals surface area (Å²) < 4.78 is 45.4. The minimum atomic E-state index is -4.34. The molecule has 0 bridgehead atoms. The lowest BCUT2D eigenvalue weighted by Crippen LogP contribution is -2.39. The normalized spacial score (nSPS) is 16.7. The molecule has 2 heterocycles. The largest absolute Gasteiger partial charge is 0.421 e. The Kier molecular flexibility index (Phi) is 4.41. The lowest BCUT2D eigenvalue weighted by molar-refractivity contribution is -0.152. The highest BCUT2D eigenvalue weighted by molar-refractivity contribution is 6.07. The van der Waals surface area contributed by atoms with Crippen LogP contribution < -0.4 is 4.90 Å². The number of hydrogen-bond donors (Lipinski definition) is 0. The van der Waals surface area contributed by atoms with Gasteiger partial charge in [-0.1, -0.05) is 18.2 Å². The smallest absolute Gasteiger partial charge is 0.395 e. The zero-order valence-electron chi connectivity index (χ0n) is 14.9. The molecule has 0 saturated heterocycles. The standard InChI is InChI=1S/C20H16F3N3O2/c1-12-24-25-18(28-12)13-6-8-14(9-7-13)19(27)26-11-10-16(20(21,22)23)15-4-2-3-5-17(15)26/h2-9,16H,10-11H2,1H3. The Labute approximate surface area is 158 Å². The fourth-order valence-corrected chi connectivity index (χ4v) is 3.44. The van der Waals surface area contributed by atoms with E-state index in [2.05, 4.69) is 10.2 Å². The van der Waals surface area contributed by atoms with Crippen molar-refractivity contribution in [1.82, 2.24) is 10.2 Å². The van der Waals surface area contributed by atoms with Gasteiger partial charge in [-0.05, 0) is 42.3 Å². The molecule has 28 heavy (non-hydrogen) atoms. The van der Waals surface area contributed by atoms with Gasteiger partial charge in [-0.15, -0.1) is 10.2 Å². The van der Waals surface area contributed by atoms with Crippen LogP contribution in [0.1, 0.15) is 34.2 Å². The second kappa shape index (κ2) is 6.78. The Morgan fingerprint density at radius 2 is 1.82 bits per heavy atom. The zero-order chi connectivity index (χ0) is 19.9. The van der Waals surface area contributed by atoms with E-state index in [9.17, 15) is 18.0 Å². The van der Waals surface area contributed by atoms with Crippen LogP contribution in [0, 0.1) is 6.92 Å². The zero-order valence-corrected chi connectivity index (χ0v) is 14.9. The maximum absolute atomic E-state index is 13.4. The van der Waals surface area contributed by atoms with Crippen molar-refractivity contribution in [1.29, 1.82) is 0 Å². The number of aromatic nitrogens is 2. The summed E-state index contributed by atoms with van der Waals surface area (Å²) in [7, 11) is 0. The molecule has 1 unspecified atom stereocenters. The molecule has 5 nitrogen and oxygen atoms in total. The monoisotopic (exact) mass is 387 g/mol. The first kappa shape index (κ1) is 18.2. The third-order valence-electron chi connectivity index (χ3n) is 4.79. The molecular formula is C20H16F3N3O2. The average Bonchev–Trinajstić information content (AvgIpc) is 3.12. The van der Waals surface area contributed by atoms with Crippen molar-refractivity contribution in [3.8, 4) is 11.5 Å². The first-order valence-electron chi connectivity index (χ1n) is 8.72. The first-order valence-corrected chi connectivity index (χ1v) is 8.72. The van der Waals surface area contributed by atoms with Crippen LogP contribution in [0.4, 0.5) is 18.9 Å². The van der Waals surface area contributed by atoms with Gasteiger partial charge in [0.05, 0.1) is 5.92 Å². The number of carbonyl (C=O) groups excluding carboxylic acids is 1. The van der Waals surface area contributed by atoms with Gasteiger partial charge in [0.2, 0.25) is 11.8 Å². The summed E-state index contributed by atoms with van der Waals surface area (Å²) in [5.74, 6) is -1.13. The summed E-state index contributed by atoms with van der Waals surface area (Å²) in [6.45, 7) is 1.68. The van der Waals surface area contributed by atoms with E-state index in [-0.39, 0.29) is 24.4 Å². The second-order valence-electron chi connectivity index (χ2n) is 6.60. The third-order valence-corrected chi connectivity index (χ3v) is 4.79. The lowest BCUT2D eigenvalue weighted by atomic mass is 9.89. The fourth-order valence-electron chi connectivity index (χ4n) is 3.44. The average molecular weight is 387 g/mol. The van der Waals surface area contributed by atoms with Crippen LogP contribution in [0.3, 0.4) is 0 Å². The van der Waals surface area contributed by atoms with Gasteiger partial charge in [0.1, 0.15) is 0 Å². The van der Waals surface area contributed by atoms with Gasteiger partial charge < -0.3 is 9.32 Å². The molecule has 0 N–H and O–H groups in total. The molecule has 0 aliphatic carbocycles. The van der Waals surface area contributed by atoms with Gasteiger partial charge in [-0.25, -0.2) is 0 Å². The molecule has 1 aromatic heterocycles. The number of aryl methyl sites for hydroxylation is 1. The number of hydrogen-bond acceptors (Lipinski definition) is 4. The molecule has 0 spiro atoms. The summed E-state index contributed by atoms with van der Waals surface area (Å²) in [6.07, 6.45) is -4.50. The van der Waals surface area contributed by atoms with Crippen molar-refractivity contribution in [3.05, 3.63) is 65.5 Å². The molecule has 0 radical (unpaired) electrons. The van der Waals surface area contributed by atoms with E-state index >= 15 is 0 Å². The number of para-hydroxylation sites is 1. The van der Waals surface area contributed by atoms with Crippen molar-refractivity contribution in [2.75, 3.05) is 11.4 Å². The Hall–Kier alpha value is -3.16. The lowest BCUT2D eigenvalue weighted by Gasteiger charge is -2.35. The summed E-state index contributed by atoms with van der Waals surface area (Å²) in [4.78, 5) is 14.4. The van der Waals surface area contributed by atoms with Crippen molar-refractivity contribution >= 4 is 11.6 Å². The van der Waals surface area contributed by atoms with Crippen LogP contribution in [-0.4, -0.2) is 28.8 Å². The molecule has 3 aromatic rings. The Balaban J connectivity index is 1.63. The molecule has 0 saturated carbocycles. The highest BCUT2D eigenvalue weighted by Crippen LogP contribution is 2.45. The van der Waals surface area contributed by atoms with Gasteiger partial charge in [-0.3, -0.25) is 4.79 Å². The van der Waals surface area contributed by atoms with E-state index in [0.29, 0.717) is 28.6 Å². The summed E-state index contributed by atoms with van der Waals surface area (Å²) in [6, 6.07) is 12.8. The van der Waals surface area contributed by atoms with Crippen LogP contribution in [0.5, 0.6) is 0 Å². The summed E-state index contributed by atoms with van der Waals surface area (Å²) >= 11 is 0. The molecular weight excluding hydrogens is 371 g/mol. The highest BCUT2D eigenvalue weighted by atomic mass is 19.4. The number of rotatable bonds is 2. The Morgan fingerprint density at radius 3 is 2.46 bits per heavy atom. The number of anilines is 1. The summed E-state index contributed by atoms with van der Waals surface area (Å²) in [5, 5.41) is 7.69. The fraction of sp³-hybridized carbons (Fsp3) is 0.250. The highest BCUT2D eigenvalue weighted by Gasteiger charge is 2.45. The predicted molar refractivity (Wildman–Crippen MR) is 96.0 cm³/mol. The number of benzene rings is 2. The SMILES string of the molecule is Cc1nnc(-c2ccc(C(=O)N3CCC(C(F)(F)F)c4ccccc43)cc2)o1. The van der Waals surface area contributed by atoms with E-state index in [0.717, 1.165) is 0 Å². The molecule has 1 atom stereocenters.